The first kappa shape index (κ1) is 19.2. The molecular weight excluding hydrogens is 358 g/mol. The van der Waals surface area contributed by atoms with Crippen molar-refractivity contribution in [2.75, 3.05) is 0 Å². The van der Waals surface area contributed by atoms with Crippen molar-refractivity contribution in [1.82, 2.24) is 9.78 Å². The second kappa shape index (κ2) is 8.85. The minimum Gasteiger partial charge on any atom is -0.472 e. The van der Waals surface area contributed by atoms with E-state index in [1.165, 1.54) is 32.1 Å². The molecule has 0 N–H and O–H groups in total. The summed E-state index contributed by atoms with van der Waals surface area (Å²) in [6.07, 6.45) is 7.83. The second-order valence-corrected chi connectivity index (χ2v) is 7.40. The summed E-state index contributed by atoms with van der Waals surface area (Å²) in [6, 6.07) is 3.36. The molecule has 26 heavy (non-hydrogen) atoms. The Hall–Kier alpha value is -1.62. The molecule has 1 aromatic heterocycles. The van der Waals surface area contributed by atoms with Crippen LogP contribution in [0, 0.1) is 17.6 Å². The Morgan fingerprint density at radius 3 is 2.73 bits per heavy atom. The Balaban J connectivity index is 1.80. The van der Waals surface area contributed by atoms with Crippen LogP contribution in [0.25, 0.3) is 0 Å². The lowest BCUT2D eigenvalue weighted by molar-refractivity contribution is 0.242. The number of hydrogen-bond donors (Lipinski definition) is 0. The van der Waals surface area contributed by atoms with Crippen molar-refractivity contribution < 1.29 is 13.5 Å². The number of aryl methyl sites for hydroxylation is 1. The summed E-state index contributed by atoms with van der Waals surface area (Å²) >= 11 is 6.49. The predicted molar refractivity (Wildman–Crippen MR) is 98.5 cm³/mol. The highest BCUT2D eigenvalue weighted by Gasteiger charge is 2.22. The molecule has 0 unspecified atom stereocenters. The van der Waals surface area contributed by atoms with Gasteiger partial charge in [0, 0.05) is 12.1 Å². The van der Waals surface area contributed by atoms with Crippen LogP contribution in [0.5, 0.6) is 5.88 Å². The number of halogens is 3. The van der Waals surface area contributed by atoms with Crippen molar-refractivity contribution >= 4 is 11.6 Å². The third kappa shape index (κ3) is 4.56. The van der Waals surface area contributed by atoms with E-state index in [-0.39, 0.29) is 12.2 Å². The van der Waals surface area contributed by atoms with Crippen LogP contribution >= 0.6 is 11.6 Å². The fraction of sp³-hybridized carbons (Fsp3) is 0.550. The Labute approximate surface area is 158 Å². The minimum atomic E-state index is -0.491. The molecule has 0 amide bonds. The van der Waals surface area contributed by atoms with Crippen LogP contribution in [0.1, 0.15) is 56.7 Å². The molecule has 142 valence electrons. The second-order valence-electron chi connectivity index (χ2n) is 7.03. The Kier molecular flexibility index (Phi) is 6.52. The van der Waals surface area contributed by atoms with Crippen LogP contribution in [0.2, 0.25) is 5.02 Å². The number of rotatable bonds is 7. The monoisotopic (exact) mass is 382 g/mol. The normalized spacial score (nSPS) is 15.4. The molecule has 0 aliphatic heterocycles. The molecule has 6 heteroatoms. The van der Waals surface area contributed by atoms with E-state index in [9.17, 15) is 8.78 Å². The van der Waals surface area contributed by atoms with Gasteiger partial charge < -0.3 is 4.74 Å². The van der Waals surface area contributed by atoms with E-state index in [1.54, 1.807) is 0 Å². The molecule has 1 aliphatic carbocycles. The Morgan fingerprint density at radius 2 is 2.00 bits per heavy atom. The quantitative estimate of drug-likeness (QED) is 0.593. The Bertz CT molecular complexity index is 742. The molecule has 0 saturated heterocycles. The number of benzene rings is 1. The Morgan fingerprint density at radius 1 is 1.23 bits per heavy atom. The van der Waals surface area contributed by atoms with Gasteiger partial charge in [0.1, 0.15) is 23.3 Å². The van der Waals surface area contributed by atoms with Gasteiger partial charge in [-0.25, -0.2) is 13.5 Å². The topological polar surface area (TPSA) is 27.1 Å². The average Bonchev–Trinajstić information content (AvgIpc) is 2.92. The molecule has 0 bridgehead atoms. The SMILES string of the molecule is CCCc1nn(CC2CCCCC2)c(OCc2cc(F)ccc2F)c1Cl. The molecule has 0 spiro atoms. The molecule has 0 radical (unpaired) electrons. The zero-order valence-corrected chi connectivity index (χ0v) is 15.9. The summed E-state index contributed by atoms with van der Waals surface area (Å²) in [7, 11) is 0. The minimum absolute atomic E-state index is 0.0781. The van der Waals surface area contributed by atoms with E-state index in [2.05, 4.69) is 12.0 Å². The summed E-state index contributed by atoms with van der Waals surface area (Å²) in [6.45, 7) is 2.74. The highest BCUT2D eigenvalue weighted by Crippen LogP contribution is 2.33. The van der Waals surface area contributed by atoms with E-state index in [4.69, 9.17) is 16.3 Å². The van der Waals surface area contributed by atoms with Crippen molar-refractivity contribution in [3.8, 4) is 5.88 Å². The standard InChI is InChI=1S/C20H25ClF2N2O/c1-2-6-18-19(21)20(25(24-18)12-14-7-4-3-5-8-14)26-13-15-11-16(22)9-10-17(15)23/h9-11,14H,2-8,12-13H2,1H3. The smallest absolute Gasteiger partial charge is 0.231 e. The average molecular weight is 383 g/mol. The third-order valence-electron chi connectivity index (χ3n) is 4.93. The van der Waals surface area contributed by atoms with Crippen LogP contribution in [-0.2, 0) is 19.6 Å². The van der Waals surface area contributed by atoms with Crippen LogP contribution in [0.4, 0.5) is 8.78 Å². The van der Waals surface area contributed by atoms with Crippen LogP contribution in [0.3, 0.4) is 0 Å². The number of hydrogen-bond acceptors (Lipinski definition) is 2. The molecule has 1 fully saturated rings. The van der Waals surface area contributed by atoms with Crippen molar-refractivity contribution in [2.45, 2.75) is 65.0 Å². The number of ether oxygens (including phenoxy) is 1. The van der Waals surface area contributed by atoms with Gasteiger partial charge in [-0.1, -0.05) is 44.2 Å². The van der Waals surface area contributed by atoms with Gasteiger partial charge in [-0.15, -0.1) is 0 Å². The van der Waals surface area contributed by atoms with Gasteiger partial charge in [0.05, 0.1) is 5.69 Å². The van der Waals surface area contributed by atoms with E-state index < -0.39 is 11.6 Å². The summed E-state index contributed by atoms with van der Waals surface area (Å²) in [5.41, 5.74) is 0.975. The highest BCUT2D eigenvalue weighted by atomic mass is 35.5. The van der Waals surface area contributed by atoms with Gasteiger partial charge in [-0.3, -0.25) is 0 Å². The molecule has 0 atom stereocenters. The van der Waals surface area contributed by atoms with E-state index in [1.807, 2.05) is 4.68 Å². The highest BCUT2D eigenvalue weighted by molar-refractivity contribution is 6.32. The largest absolute Gasteiger partial charge is 0.472 e. The van der Waals surface area contributed by atoms with Crippen molar-refractivity contribution in [1.29, 1.82) is 0 Å². The lowest BCUT2D eigenvalue weighted by atomic mass is 9.89. The summed E-state index contributed by atoms with van der Waals surface area (Å²) in [5.74, 6) is 0.0416. The number of aromatic nitrogens is 2. The maximum Gasteiger partial charge on any atom is 0.231 e. The molecule has 3 nitrogen and oxygen atoms in total. The summed E-state index contributed by atoms with van der Waals surface area (Å²) in [4.78, 5) is 0. The fourth-order valence-corrected chi connectivity index (χ4v) is 3.83. The predicted octanol–water partition coefficient (Wildman–Crippen LogP) is 5.93. The third-order valence-corrected chi connectivity index (χ3v) is 5.31. The zero-order chi connectivity index (χ0) is 18.5. The first-order chi connectivity index (χ1) is 12.6. The molecule has 1 heterocycles. The van der Waals surface area contributed by atoms with E-state index in [0.717, 1.165) is 43.3 Å². The van der Waals surface area contributed by atoms with Gasteiger partial charge in [0.25, 0.3) is 0 Å². The van der Waals surface area contributed by atoms with Gasteiger partial charge in [0.15, 0.2) is 0 Å². The van der Waals surface area contributed by atoms with E-state index in [0.29, 0.717) is 16.8 Å². The first-order valence-electron chi connectivity index (χ1n) is 9.40. The van der Waals surface area contributed by atoms with Crippen molar-refractivity contribution in [2.24, 2.45) is 5.92 Å². The van der Waals surface area contributed by atoms with Gasteiger partial charge >= 0.3 is 0 Å². The molecule has 3 rings (SSSR count). The van der Waals surface area contributed by atoms with Crippen molar-refractivity contribution in [3.05, 3.63) is 46.1 Å². The lowest BCUT2D eigenvalue weighted by Gasteiger charge is -2.22. The van der Waals surface area contributed by atoms with Crippen LogP contribution in [0.15, 0.2) is 18.2 Å². The van der Waals surface area contributed by atoms with Gasteiger partial charge in [-0.2, -0.15) is 5.10 Å². The van der Waals surface area contributed by atoms with Gasteiger partial charge in [-0.05, 0) is 43.4 Å². The molecular formula is C20H25ClF2N2O. The summed E-state index contributed by atoms with van der Waals surface area (Å²) < 4.78 is 34.9. The van der Waals surface area contributed by atoms with E-state index >= 15 is 0 Å². The maximum absolute atomic E-state index is 13.9. The molecule has 1 aliphatic rings. The van der Waals surface area contributed by atoms with Crippen LogP contribution in [-0.4, -0.2) is 9.78 Å². The zero-order valence-electron chi connectivity index (χ0n) is 15.1. The molecule has 1 saturated carbocycles. The molecule has 1 aromatic carbocycles. The molecule has 2 aromatic rings. The first-order valence-corrected chi connectivity index (χ1v) is 9.78. The lowest BCUT2D eigenvalue weighted by Crippen LogP contribution is -2.16. The fourth-order valence-electron chi connectivity index (χ4n) is 3.54. The van der Waals surface area contributed by atoms with Gasteiger partial charge in [0.2, 0.25) is 5.88 Å². The maximum atomic E-state index is 13.9. The van der Waals surface area contributed by atoms with Crippen LogP contribution < -0.4 is 4.74 Å². The van der Waals surface area contributed by atoms with Crippen molar-refractivity contribution in [3.63, 3.8) is 0 Å². The number of nitrogens with zero attached hydrogens (tertiary/aromatic N) is 2. The summed E-state index contributed by atoms with van der Waals surface area (Å²) in [5, 5.41) is 5.12.